The summed E-state index contributed by atoms with van der Waals surface area (Å²) < 4.78 is 61.0. The van der Waals surface area contributed by atoms with Crippen molar-refractivity contribution in [2.24, 2.45) is 11.5 Å². The quantitative estimate of drug-likeness (QED) is 0.374. The molecule has 0 amide bonds. The average molecular weight is 562 g/mol. The van der Waals surface area contributed by atoms with Crippen LogP contribution >= 0.6 is 11.6 Å². The maximum absolute atomic E-state index is 14.0. The Kier molecular flexibility index (Phi) is 8.47. The van der Waals surface area contributed by atoms with E-state index >= 15 is 0 Å². The van der Waals surface area contributed by atoms with Gasteiger partial charge in [-0.3, -0.25) is 14.3 Å². The van der Waals surface area contributed by atoms with Gasteiger partial charge >= 0.3 is 5.97 Å². The third kappa shape index (κ3) is 5.42. The van der Waals surface area contributed by atoms with Gasteiger partial charge in [0.25, 0.3) is 10.0 Å². The van der Waals surface area contributed by atoms with Crippen molar-refractivity contribution < 1.29 is 41.4 Å². The molecule has 37 heavy (non-hydrogen) atoms. The van der Waals surface area contributed by atoms with Crippen LogP contribution in [-0.4, -0.2) is 61.5 Å². The maximum Gasteiger partial charge on any atom is 0.333 e. The number of hydrogen-bond acceptors (Lipinski definition) is 10. The van der Waals surface area contributed by atoms with E-state index in [1.807, 2.05) is 0 Å². The summed E-state index contributed by atoms with van der Waals surface area (Å²) in [4.78, 5) is 34.6. The van der Waals surface area contributed by atoms with E-state index < -0.39 is 62.3 Å². The van der Waals surface area contributed by atoms with Gasteiger partial charge in [0.05, 0.1) is 23.4 Å². The molecule has 11 nitrogen and oxygen atoms in total. The molecule has 5 N–H and O–H groups in total. The van der Waals surface area contributed by atoms with Crippen molar-refractivity contribution in [2.75, 3.05) is 11.3 Å². The smallest absolute Gasteiger partial charge is 0.333 e. The molecular weight excluding hydrogens is 533 g/mol. The zero-order chi connectivity index (χ0) is 27.8. The Bertz CT molecular complexity index is 1240. The molecule has 1 aromatic carbocycles. The highest BCUT2D eigenvalue weighted by Crippen LogP contribution is 2.49. The number of carbonyl (C=O) groups is 3. The largest absolute Gasteiger partial charge is 0.463 e. The fourth-order valence-electron chi connectivity index (χ4n) is 4.37. The molecule has 1 aromatic rings. The fourth-order valence-corrected chi connectivity index (χ4v) is 6.52. The first-order valence-electron chi connectivity index (χ1n) is 11.5. The molecule has 14 heteroatoms. The summed E-state index contributed by atoms with van der Waals surface area (Å²) in [6, 6.07) is -0.610. The number of ether oxygens (including phenoxy) is 3. The number of benzene rings is 1. The van der Waals surface area contributed by atoms with Crippen LogP contribution in [0.5, 0.6) is 0 Å². The minimum atomic E-state index is -4.93. The molecule has 1 heterocycles. The molecule has 0 aromatic heterocycles. The van der Waals surface area contributed by atoms with E-state index in [1.54, 1.807) is 6.92 Å². The highest BCUT2D eigenvalue weighted by atomic mass is 35.5. The first-order valence-corrected chi connectivity index (χ1v) is 13.3. The van der Waals surface area contributed by atoms with Crippen molar-refractivity contribution in [1.82, 2.24) is 0 Å². The van der Waals surface area contributed by atoms with E-state index in [4.69, 9.17) is 37.3 Å². The standard InChI is InChI=1S/C23H29ClFN3O8S/c1-4-34-21(31)14-6-5-9-22(11-14)35-20(18(26)12(2)29)23(36-22,19(27)13(3)30)37(32,33)28-17-8-7-15(25)10-16(17)24/h7-8,10-11,18-20,28H,4-6,9,26-27H2,1-3H3. The number of rotatable bonds is 9. The molecule has 0 saturated carbocycles. The Morgan fingerprint density at radius 2 is 1.95 bits per heavy atom. The van der Waals surface area contributed by atoms with Crippen molar-refractivity contribution in [3.05, 3.63) is 40.7 Å². The van der Waals surface area contributed by atoms with Gasteiger partial charge < -0.3 is 25.7 Å². The predicted molar refractivity (Wildman–Crippen MR) is 131 cm³/mol. The van der Waals surface area contributed by atoms with Gasteiger partial charge in [0.2, 0.25) is 4.93 Å². The lowest BCUT2D eigenvalue weighted by Crippen LogP contribution is -2.68. The molecule has 204 valence electrons. The van der Waals surface area contributed by atoms with Crippen molar-refractivity contribution in [2.45, 2.75) is 68.9 Å². The summed E-state index contributed by atoms with van der Waals surface area (Å²) in [5.41, 5.74) is 12.2. The zero-order valence-electron chi connectivity index (χ0n) is 20.5. The molecule has 1 aliphatic carbocycles. The number of hydrogen-bond donors (Lipinski definition) is 3. The molecule has 1 saturated heterocycles. The zero-order valence-corrected chi connectivity index (χ0v) is 22.0. The van der Waals surface area contributed by atoms with Gasteiger partial charge in [0, 0.05) is 12.0 Å². The molecule has 1 aliphatic heterocycles. The number of nitrogens with one attached hydrogen (secondary N) is 1. The number of halogens is 2. The normalized spacial score (nSPS) is 27.3. The van der Waals surface area contributed by atoms with Crippen LogP contribution in [0, 0.1) is 5.82 Å². The van der Waals surface area contributed by atoms with Crippen LogP contribution in [0.2, 0.25) is 5.02 Å². The van der Waals surface area contributed by atoms with Gasteiger partial charge in [0.15, 0.2) is 11.6 Å². The lowest BCUT2D eigenvalue weighted by Gasteiger charge is -2.38. The Balaban J connectivity index is 2.23. The SMILES string of the molecule is CCOC(=O)C1=CC2(CCC1)OC(C(N)C(C)=O)C(C(N)C(C)=O)(S(=O)(=O)Nc1ccc(F)cc1Cl)O2. The summed E-state index contributed by atoms with van der Waals surface area (Å²) in [5, 5.41) is -0.293. The lowest BCUT2D eigenvalue weighted by atomic mass is 9.94. The second kappa shape index (κ2) is 10.8. The molecule has 2 aliphatic rings. The van der Waals surface area contributed by atoms with E-state index in [1.165, 1.54) is 6.08 Å². The van der Waals surface area contributed by atoms with Gasteiger partial charge in [-0.05, 0) is 57.9 Å². The summed E-state index contributed by atoms with van der Waals surface area (Å²) in [6.07, 6.45) is 0.131. The van der Waals surface area contributed by atoms with E-state index in [-0.39, 0.29) is 29.3 Å². The highest BCUT2D eigenvalue weighted by Gasteiger charge is 2.70. The van der Waals surface area contributed by atoms with Crippen LogP contribution in [0.4, 0.5) is 10.1 Å². The summed E-state index contributed by atoms with van der Waals surface area (Å²) >= 11 is 6.03. The second-order valence-electron chi connectivity index (χ2n) is 8.87. The Hall–Kier alpha value is -2.42. The molecule has 1 spiro atoms. The minimum Gasteiger partial charge on any atom is -0.463 e. The van der Waals surface area contributed by atoms with Crippen LogP contribution in [0.25, 0.3) is 0 Å². The third-order valence-corrected chi connectivity index (χ3v) is 8.43. The number of ketones is 2. The number of sulfonamides is 1. The van der Waals surface area contributed by atoms with Crippen LogP contribution in [0.3, 0.4) is 0 Å². The van der Waals surface area contributed by atoms with Crippen LogP contribution in [0.1, 0.15) is 40.0 Å². The maximum atomic E-state index is 14.0. The Morgan fingerprint density at radius 3 is 2.51 bits per heavy atom. The number of Topliss-reactive ketones (excluding diaryl/α,β-unsaturated/α-hetero) is 2. The molecule has 0 bridgehead atoms. The summed E-state index contributed by atoms with van der Waals surface area (Å²) in [5.74, 6) is -4.76. The van der Waals surface area contributed by atoms with Gasteiger partial charge in [-0.25, -0.2) is 17.6 Å². The fraction of sp³-hybridized carbons (Fsp3) is 0.522. The lowest BCUT2D eigenvalue weighted by molar-refractivity contribution is -0.159. The van der Waals surface area contributed by atoms with Crippen LogP contribution < -0.4 is 16.2 Å². The van der Waals surface area contributed by atoms with E-state index in [2.05, 4.69) is 4.72 Å². The number of carbonyl (C=O) groups excluding carboxylic acids is 3. The topological polar surface area (TPSA) is 177 Å². The number of anilines is 1. The Morgan fingerprint density at radius 1 is 1.27 bits per heavy atom. The third-order valence-electron chi connectivity index (χ3n) is 6.22. The molecule has 5 atom stereocenters. The van der Waals surface area contributed by atoms with Gasteiger partial charge in [-0.2, -0.15) is 0 Å². The molecule has 1 fully saturated rings. The van der Waals surface area contributed by atoms with Gasteiger partial charge in [0.1, 0.15) is 23.7 Å². The molecule has 0 radical (unpaired) electrons. The summed E-state index contributed by atoms with van der Waals surface area (Å²) in [7, 11) is -4.93. The molecular formula is C23H29ClFN3O8S. The van der Waals surface area contributed by atoms with Gasteiger partial charge in [-0.1, -0.05) is 11.6 Å². The van der Waals surface area contributed by atoms with Crippen molar-refractivity contribution in [1.29, 1.82) is 0 Å². The van der Waals surface area contributed by atoms with Crippen LogP contribution in [0.15, 0.2) is 29.8 Å². The first kappa shape index (κ1) is 29.1. The Labute approximate surface area is 218 Å². The molecule has 3 rings (SSSR count). The predicted octanol–water partition coefficient (Wildman–Crippen LogP) is 1.53. The number of esters is 1. The first-order chi connectivity index (χ1) is 17.2. The van der Waals surface area contributed by atoms with Crippen LogP contribution in [-0.2, 0) is 38.6 Å². The monoisotopic (exact) mass is 561 g/mol. The highest BCUT2D eigenvalue weighted by molar-refractivity contribution is 7.94. The summed E-state index contributed by atoms with van der Waals surface area (Å²) in [6.45, 7) is 3.87. The van der Waals surface area contributed by atoms with Crippen molar-refractivity contribution in [3.63, 3.8) is 0 Å². The second-order valence-corrected chi connectivity index (χ2v) is 11.1. The van der Waals surface area contributed by atoms with Crippen molar-refractivity contribution >= 4 is 44.8 Å². The average Bonchev–Trinajstić information content (AvgIpc) is 3.15. The van der Waals surface area contributed by atoms with E-state index in [0.29, 0.717) is 12.8 Å². The van der Waals surface area contributed by atoms with Crippen molar-refractivity contribution in [3.8, 4) is 0 Å². The minimum absolute atomic E-state index is 0.0518. The van der Waals surface area contributed by atoms with E-state index in [9.17, 15) is 27.2 Å². The molecule has 5 unspecified atom stereocenters. The number of nitrogens with two attached hydrogens (primary N) is 2. The van der Waals surface area contributed by atoms with Gasteiger partial charge in [-0.15, -0.1) is 0 Å². The van der Waals surface area contributed by atoms with E-state index in [0.717, 1.165) is 32.0 Å².